The Morgan fingerprint density at radius 1 is 1.37 bits per heavy atom. The zero-order chi connectivity index (χ0) is 13.4. The maximum Gasteiger partial charge on any atom is 0.279 e. The number of nitrogens with zero attached hydrogens (tertiary/aromatic N) is 4. The Morgan fingerprint density at radius 3 is 2.95 bits per heavy atom. The quantitative estimate of drug-likeness (QED) is 0.769. The van der Waals surface area contributed by atoms with Crippen molar-refractivity contribution >= 4 is 10.9 Å². The molecule has 1 atom stereocenters. The van der Waals surface area contributed by atoms with Crippen LogP contribution in [0.5, 0.6) is 0 Å². The summed E-state index contributed by atoms with van der Waals surface area (Å²) in [4.78, 5) is 4.35. The van der Waals surface area contributed by atoms with Gasteiger partial charge in [0.05, 0.1) is 5.52 Å². The Kier molecular flexibility index (Phi) is 2.79. The Labute approximate surface area is 110 Å². The second-order valence-electron chi connectivity index (χ2n) is 4.69. The molecule has 3 rings (SSSR count). The largest absolute Gasteiger partial charge is 0.332 e. The van der Waals surface area contributed by atoms with Gasteiger partial charge in [0.15, 0.2) is 11.5 Å². The molecule has 0 radical (unpaired) electrons. The summed E-state index contributed by atoms with van der Waals surface area (Å²) in [5, 5.41) is 9.38. The van der Waals surface area contributed by atoms with Gasteiger partial charge in [-0.15, -0.1) is 0 Å². The summed E-state index contributed by atoms with van der Waals surface area (Å²) in [6.07, 6.45) is 0.592. The predicted octanol–water partition coefficient (Wildman–Crippen LogP) is 1.51. The lowest BCUT2D eigenvalue weighted by Gasteiger charge is -1.96. The van der Waals surface area contributed by atoms with Gasteiger partial charge >= 0.3 is 0 Å². The van der Waals surface area contributed by atoms with Crippen molar-refractivity contribution in [1.82, 2.24) is 19.9 Å². The van der Waals surface area contributed by atoms with E-state index in [1.165, 1.54) is 0 Å². The molecule has 0 bridgehead atoms. The predicted molar refractivity (Wildman–Crippen MR) is 71.4 cm³/mol. The van der Waals surface area contributed by atoms with Gasteiger partial charge in [-0.1, -0.05) is 23.4 Å². The number of hydrogen-bond donors (Lipinski definition) is 1. The van der Waals surface area contributed by atoms with Gasteiger partial charge in [-0.25, -0.2) is 0 Å². The molecule has 0 fully saturated rings. The molecule has 0 saturated heterocycles. The number of nitrogens with two attached hydrogens (primary N) is 1. The second-order valence-corrected chi connectivity index (χ2v) is 4.69. The minimum Gasteiger partial charge on any atom is -0.332 e. The highest BCUT2D eigenvalue weighted by Gasteiger charge is 2.17. The van der Waals surface area contributed by atoms with Gasteiger partial charge in [0, 0.05) is 24.9 Å². The summed E-state index contributed by atoms with van der Waals surface area (Å²) in [5.74, 6) is 1.05. The van der Waals surface area contributed by atoms with E-state index in [2.05, 4.69) is 15.2 Å². The van der Waals surface area contributed by atoms with Crippen molar-refractivity contribution in [3.63, 3.8) is 0 Å². The van der Waals surface area contributed by atoms with Crippen molar-refractivity contribution in [3.05, 3.63) is 30.1 Å². The minimum atomic E-state index is 0.00549. The Hall–Kier alpha value is -2.21. The molecule has 0 spiro atoms. The first-order valence-electron chi connectivity index (χ1n) is 6.15. The maximum absolute atomic E-state index is 5.73. The Morgan fingerprint density at radius 2 is 2.16 bits per heavy atom. The number of fused-ring (bicyclic) bond motifs is 1. The lowest BCUT2D eigenvalue weighted by atomic mass is 10.2. The fourth-order valence-corrected chi connectivity index (χ4v) is 2.09. The molecule has 19 heavy (non-hydrogen) atoms. The topological polar surface area (TPSA) is 82.8 Å². The van der Waals surface area contributed by atoms with Crippen LogP contribution in [-0.2, 0) is 13.5 Å². The highest BCUT2D eigenvalue weighted by Crippen LogP contribution is 2.26. The van der Waals surface area contributed by atoms with E-state index < -0.39 is 0 Å². The van der Waals surface area contributed by atoms with Crippen LogP contribution in [0.4, 0.5) is 0 Å². The molecule has 2 heterocycles. The Balaban J connectivity index is 2.07. The summed E-state index contributed by atoms with van der Waals surface area (Å²) in [6.45, 7) is 1.91. The van der Waals surface area contributed by atoms with E-state index in [0.717, 1.165) is 10.9 Å². The molecule has 2 aromatic heterocycles. The van der Waals surface area contributed by atoms with Crippen LogP contribution in [0.1, 0.15) is 12.7 Å². The first kappa shape index (κ1) is 11.9. The van der Waals surface area contributed by atoms with Gasteiger partial charge in [-0.05, 0) is 13.0 Å². The van der Waals surface area contributed by atoms with Crippen LogP contribution >= 0.6 is 0 Å². The number of rotatable bonds is 3. The van der Waals surface area contributed by atoms with Crippen molar-refractivity contribution in [2.75, 3.05) is 0 Å². The molecule has 0 amide bonds. The highest BCUT2D eigenvalue weighted by molar-refractivity contribution is 5.91. The summed E-state index contributed by atoms with van der Waals surface area (Å²) in [7, 11) is 1.89. The number of para-hydroxylation sites is 1. The van der Waals surface area contributed by atoms with E-state index in [9.17, 15) is 0 Å². The van der Waals surface area contributed by atoms with E-state index in [0.29, 0.717) is 23.8 Å². The Bertz CT molecular complexity index is 713. The van der Waals surface area contributed by atoms with Crippen LogP contribution in [0.25, 0.3) is 22.5 Å². The highest BCUT2D eigenvalue weighted by atomic mass is 16.5. The summed E-state index contributed by atoms with van der Waals surface area (Å²) < 4.78 is 7.09. The molecule has 0 aliphatic heterocycles. The van der Waals surface area contributed by atoms with Crippen molar-refractivity contribution < 1.29 is 4.52 Å². The third-order valence-electron chi connectivity index (χ3n) is 2.93. The second kappa shape index (κ2) is 4.47. The van der Waals surface area contributed by atoms with Gasteiger partial charge in [-0.2, -0.15) is 10.1 Å². The molecule has 98 valence electrons. The summed E-state index contributed by atoms with van der Waals surface area (Å²) in [5.41, 5.74) is 7.47. The lowest BCUT2D eigenvalue weighted by Crippen LogP contribution is -2.18. The van der Waals surface area contributed by atoms with E-state index in [1.807, 2.05) is 38.2 Å². The van der Waals surface area contributed by atoms with Crippen molar-refractivity contribution in [1.29, 1.82) is 0 Å². The van der Waals surface area contributed by atoms with Crippen LogP contribution in [-0.4, -0.2) is 26.0 Å². The normalized spacial score (nSPS) is 13.0. The van der Waals surface area contributed by atoms with E-state index >= 15 is 0 Å². The van der Waals surface area contributed by atoms with Crippen molar-refractivity contribution in [2.24, 2.45) is 12.8 Å². The molecule has 3 aromatic rings. The maximum atomic E-state index is 5.73. The molecule has 6 nitrogen and oxygen atoms in total. The number of benzene rings is 1. The summed E-state index contributed by atoms with van der Waals surface area (Å²) in [6, 6.07) is 7.94. The van der Waals surface area contributed by atoms with Crippen molar-refractivity contribution in [2.45, 2.75) is 19.4 Å². The minimum absolute atomic E-state index is 0.00549. The smallest absolute Gasteiger partial charge is 0.279 e. The van der Waals surface area contributed by atoms with Gasteiger partial charge in [-0.3, -0.25) is 4.68 Å². The van der Waals surface area contributed by atoms with Gasteiger partial charge in [0.2, 0.25) is 0 Å². The van der Waals surface area contributed by atoms with Gasteiger partial charge < -0.3 is 10.3 Å². The van der Waals surface area contributed by atoms with Crippen LogP contribution < -0.4 is 5.73 Å². The number of aromatic nitrogens is 4. The standard InChI is InChI=1S/C13H15N5O/c1-8(14)7-11-15-13(19-17-11)12-9-5-3-4-6-10(9)18(2)16-12/h3-6,8H,7,14H2,1-2H3. The van der Waals surface area contributed by atoms with Gasteiger partial charge in [0.25, 0.3) is 5.89 Å². The molecule has 0 aliphatic rings. The molecular weight excluding hydrogens is 242 g/mol. The fraction of sp³-hybridized carbons (Fsp3) is 0.308. The van der Waals surface area contributed by atoms with Crippen LogP contribution in [0.15, 0.2) is 28.8 Å². The molecule has 0 saturated carbocycles. The molecule has 1 aromatic carbocycles. The SMILES string of the molecule is CC(N)Cc1noc(-c2nn(C)c3ccccc23)n1. The average molecular weight is 257 g/mol. The first-order valence-corrected chi connectivity index (χ1v) is 6.15. The molecule has 1 unspecified atom stereocenters. The first-order chi connectivity index (χ1) is 9.15. The zero-order valence-corrected chi connectivity index (χ0v) is 10.9. The van der Waals surface area contributed by atoms with E-state index in [1.54, 1.807) is 4.68 Å². The lowest BCUT2D eigenvalue weighted by molar-refractivity contribution is 0.419. The van der Waals surface area contributed by atoms with Crippen molar-refractivity contribution in [3.8, 4) is 11.6 Å². The zero-order valence-electron chi connectivity index (χ0n) is 10.9. The average Bonchev–Trinajstić information content (AvgIpc) is 2.95. The van der Waals surface area contributed by atoms with E-state index in [-0.39, 0.29) is 6.04 Å². The monoisotopic (exact) mass is 257 g/mol. The van der Waals surface area contributed by atoms with E-state index in [4.69, 9.17) is 10.3 Å². The van der Waals surface area contributed by atoms with Gasteiger partial charge in [0.1, 0.15) is 0 Å². The van der Waals surface area contributed by atoms with Crippen LogP contribution in [0.2, 0.25) is 0 Å². The molecular formula is C13H15N5O. The third-order valence-corrected chi connectivity index (χ3v) is 2.93. The van der Waals surface area contributed by atoms with Crippen LogP contribution in [0, 0.1) is 0 Å². The van der Waals surface area contributed by atoms with Crippen LogP contribution in [0.3, 0.4) is 0 Å². The molecule has 2 N–H and O–H groups in total. The molecule has 6 heteroatoms. The third kappa shape index (κ3) is 2.10. The summed E-state index contributed by atoms with van der Waals surface area (Å²) >= 11 is 0. The molecule has 0 aliphatic carbocycles. The fourth-order valence-electron chi connectivity index (χ4n) is 2.09. The number of hydrogen-bond acceptors (Lipinski definition) is 5. The number of aryl methyl sites for hydroxylation is 1.